The van der Waals surface area contributed by atoms with Crippen LogP contribution in [-0.4, -0.2) is 9.55 Å². The molecule has 7 aromatic carbocycles. The van der Waals surface area contributed by atoms with E-state index in [1.807, 2.05) is 6.20 Å². The van der Waals surface area contributed by atoms with Crippen LogP contribution in [0.5, 0.6) is 11.5 Å². The number of nitrogens with zero attached hydrogens (tertiary/aromatic N) is 4. The number of pyridine rings is 1. The SMILES string of the molecule is CC(C)c1cccc(C(C)C)c1-c1cc(Oc2[c-]c3c(cc2)c2cc(C(C)(C)C)ccc2n3-c2cc(C(C)(C)C)ccn2)[c-]c(N2[CH-]N(c3cc(C(C)(C)C)cc(C(C)(C)c4ccccc4)c3)c3cc(C(C)(C)C)ccc32)c1.[CH3-].[Pt+4]. The van der Waals surface area contributed by atoms with E-state index in [1.54, 1.807) is 0 Å². The van der Waals surface area contributed by atoms with E-state index < -0.39 is 0 Å². The quantitative estimate of drug-likeness (QED) is 0.128. The first-order valence-electron chi connectivity index (χ1n) is 28.2. The molecule has 3 heterocycles. The molecule has 0 radical (unpaired) electrons. The summed E-state index contributed by atoms with van der Waals surface area (Å²) in [6, 6.07) is 59.6. The van der Waals surface area contributed by atoms with Gasteiger partial charge in [-0.1, -0.05) is 203 Å². The van der Waals surface area contributed by atoms with Gasteiger partial charge in [-0.15, -0.1) is 53.6 Å². The summed E-state index contributed by atoms with van der Waals surface area (Å²) >= 11 is 0. The second-order valence-corrected chi connectivity index (χ2v) is 27.2. The zero-order valence-electron chi connectivity index (χ0n) is 51.1. The van der Waals surface area contributed by atoms with E-state index in [-0.39, 0.29) is 67.4 Å². The van der Waals surface area contributed by atoms with E-state index >= 15 is 0 Å². The Kier molecular flexibility index (Phi) is 16.3. The monoisotopic (exact) mass is 1240 g/mol. The van der Waals surface area contributed by atoms with E-state index in [2.05, 4.69) is 297 Å². The third-order valence-corrected chi connectivity index (χ3v) is 16.2. The average Bonchev–Trinajstić information content (AvgIpc) is 3.95. The standard InChI is InChI=1S/C73H81N4O.CH3.Pt/c1-46(2)59-25-22-26-60(47(3)4)68(59)48-35-55(43-58(36-48)78-57-29-30-61-62-40-50(69(5,6)7)27-31-63(62)77(65(61)44-57)67-42-52(33-34-74-67)71(11,12)13)75-45-76(66-41-51(70(8,9)10)28-32-64(66)75)56-38-53(72(14,15)16)37-54(39-56)73(17,18)49-23-20-19-21-24-49;;/h19-42,45-47H,1-18H3;1H3;/q-3;-1;+4. The minimum atomic E-state index is -0.254. The molecule has 1 aliphatic heterocycles. The van der Waals surface area contributed by atoms with Crippen LogP contribution in [0.1, 0.15) is 181 Å². The number of hydrogen-bond acceptors (Lipinski definition) is 4. The summed E-state index contributed by atoms with van der Waals surface area (Å²) in [7, 11) is 0. The van der Waals surface area contributed by atoms with Gasteiger partial charge in [-0.2, -0.15) is 6.07 Å². The second kappa shape index (κ2) is 21.8. The Balaban J connectivity index is 0.00000420. The maximum absolute atomic E-state index is 7.21. The minimum Gasteiger partial charge on any atom is -0.509 e. The first-order chi connectivity index (χ1) is 36.6. The zero-order valence-corrected chi connectivity index (χ0v) is 53.4. The summed E-state index contributed by atoms with van der Waals surface area (Å²) in [5.74, 6) is 2.64. The number of fused-ring (bicyclic) bond motifs is 4. The van der Waals surface area contributed by atoms with Gasteiger partial charge in [0.1, 0.15) is 5.82 Å². The molecule has 0 amide bonds. The fraction of sp³-hybridized carbons (Fsp3) is 0.338. The van der Waals surface area contributed by atoms with Crippen molar-refractivity contribution >= 4 is 44.6 Å². The summed E-state index contributed by atoms with van der Waals surface area (Å²) < 4.78 is 9.47. The Morgan fingerprint density at radius 3 is 1.71 bits per heavy atom. The molecule has 0 fully saturated rings. The summed E-state index contributed by atoms with van der Waals surface area (Å²) in [6.45, 7) is 43.6. The van der Waals surface area contributed by atoms with Gasteiger partial charge in [0.25, 0.3) is 0 Å². The minimum absolute atomic E-state index is 0. The van der Waals surface area contributed by atoms with Crippen molar-refractivity contribution in [2.45, 2.75) is 164 Å². The van der Waals surface area contributed by atoms with E-state index in [4.69, 9.17) is 9.72 Å². The fourth-order valence-corrected chi connectivity index (χ4v) is 11.1. The van der Waals surface area contributed by atoms with Crippen molar-refractivity contribution in [2.24, 2.45) is 0 Å². The number of benzene rings is 7. The van der Waals surface area contributed by atoms with Crippen molar-refractivity contribution in [3.63, 3.8) is 0 Å². The van der Waals surface area contributed by atoms with E-state index in [0.717, 1.165) is 55.9 Å². The molecule has 9 aromatic rings. The molecule has 80 heavy (non-hydrogen) atoms. The van der Waals surface area contributed by atoms with Crippen molar-refractivity contribution in [1.82, 2.24) is 9.55 Å². The molecule has 0 saturated heterocycles. The molecule has 1 aliphatic rings. The maximum atomic E-state index is 7.21. The molecular weight excluding hydrogens is 1160 g/mol. The predicted molar refractivity (Wildman–Crippen MR) is 338 cm³/mol. The molecule has 0 atom stereocenters. The molecule has 0 aliphatic carbocycles. The van der Waals surface area contributed by atoms with E-state index in [0.29, 0.717) is 11.5 Å². The molecular formula is C74H84N4OPt. The van der Waals surface area contributed by atoms with Crippen LogP contribution in [0, 0.1) is 26.2 Å². The molecule has 416 valence electrons. The summed E-state index contributed by atoms with van der Waals surface area (Å²) in [4.78, 5) is 9.75. The molecule has 10 rings (SSSR count). The van der Waals surface area contributed by atoms with Crippen LogP contribution in [0.15, 0.2) is 146 Å². The van der Waals surface area contributed by atoms with Crippen LogP contribution in [-0.2, 0) is 48.1 Å². The molecule has 0 spiro atoms. The van der Waals surface area contributed by atoms with Crippen molar-refractivity contribution in [3.8, 4) is 28.4 Å². The van der Waals surface area contributed by atoms with Gasteiger partial charge in [0.05, 0.1) is 0 Å². The van der Waals surface area contributed by atoms with Crippen molar-refractivity contribution in [2.75, 3.05) is 9.80 Å². The largest absolute Gasteiger partial charge is 4.00 e. The van der Waals surface area contributed by atoms with Crippen molar-refractivity contribution < 1.29 is 25.8 Å². The van der Waals surface area contributed by atoms with Crippen molar-refractivity contribution in [3.05, 3.63) is 216 Å². The van der Waals surface area contributed by atoms with Crippen LogP contribution < -0.4 is 14.5 Å². The van der Waals surface area contributed by atoms with Crippen LogP contribution in [0.4, 0.5) is 22.7 Å². The Morgan fingerprint density at radius 1 is 0.487 bits per heavy atom. The molecule has 2 aromatic heterocycles. The maximum Gasteiger partial charge on any atom is 4.00 e. The Hall–Kier alpha value is -6.42. The molecule has 5 nitrogen and oxygen atoms in total. The third kappa shape index (κ3) is 11.4. The first kappa shape index (κ1) is 59.7. The molecule has 0 unspecified atom stereocenters. The van der Waals surface area contributed by atoms with Crippen LogP contribution >= 0.6 is 0 Å². The first-order valence-corrected chi connectivity index (χ1v) is 28.2. The van der Waals surface area contributed by atoms with Gasteiger partial charge in [-0.25, -0.2) is 4.98 Å². The normalized spacial score (nSPS) is 13.3. The van der Waals surface area contributed by atoms with Gasteiger partial charge in [0.15, 0.2) is 0 Å². The van der Waals surface area contributed by atoms with E-state index in [9.17, 15) is 0 Å². The van der Waals surface area contributed by atoms with Crippen LogP contribution in [0.2, 0.25) is 0 Å². The third-order valence-electron chi connectivity index (χ3n) is 16.2. The number of rotatable bonds is 10. The van der Waals surface area contributed by atoms with Crippen LogP contribution in [0.3, 0.4) is 0 Å². The molecule has 0 saturated carbocycles. The van der Waals surface area contributed by atoms with Gasteiger partial charge < -0.3 is 26.5 Å². The predicted octanol–water partition coefficient (Wildman–Crippen LogP) is 20.9. The Labute approximate surface area is 495 Å². The molecule has 0 bridgehead atoms. The van der Waals surface area contributed by atoms with Gasteiger partial charge in [-0.3, -0.25) is 0 Å². The summed E-state index contributed by atoms with van der Waals surface area (Å²) in [5.41, 5.74) is 18.2. The fourth-order valence-electron chi connectivity index (χ4n) is 11.1. The van der Waals surface area contributed by atoms with Gasteiger partial charge in [-0.05, 0) is 131 Å². The number of hydrogen-bond donors (Lipinski definition) is 0. The van der Waals surface area contributed by atoms with Crippen molar-refractivity contribution in [1.29, 1.82) is 0 Å². The Bertz CT molecular complexity index is 3690. The zero-order chi connectivity index (χ0) is 56.0. The summed E-state index contributed by atoms with van der Waals surface area (Å²) in [5, 5.41) is 2.26. The second-order valence-electron chi connectivity index (χ2n) is 27.2. The van der Waals surface area contributed by atoms with Gasteiger partial charge in [0.2, 0.25) is 0 Å². The number of ether oxygens (including phenoxy) is 1. The van der Waals surface area contributed by atoms with Gasteiger partial charge >= 0.3 is 21.1 Å². The number of aromatic nitrogens is 2. The van der Waals surface area contributed by atoms with Gasteiger partial charge in [0, 0.05) is 45.7 Å². The average molecular weight is 1240 g/mol. The smallest absolute Gasteiger partial charge is 0.509 e. The number of anilines is 4. The Morgan fingerprint density at radius 2 is 1.09 bits per heavy atom. The van der Waals surface area contributed by atoms with E-state index in [1.165, 1.54) is 50.1 Å². The topological polar surface area (TPSA) is 33.5 Å². The molecule has 6 heteroatoms. The molecule has 0 N–H and O–H groups in total. The summed E-state index contributed by atoms with van der Waals surface area (Å²) in [6.07, 6.45) is 1.93. The van der Waals surface area contributed by atoms with Crippen LogP contribution in [0.25, 0.3) is 38.8 Å².